The summed E-state index contributed by atoms with van der Waals surface area (Å²) in [4.78, 5) is 26.7. The Hall–Kier alpha value is -1.47. The number of hydrogen-bond acceptors (Lipinski definition) is 5. The number of piperidine rings is 1. The number of likely N-dealkylation sites (tertiary alicyclic amines) is 1. The summed E-state index contributed by atoms with van der Waals surface area (Å²) in [6.07, 6.45) is 2.19. The van der Waals surface area contributed by atoms with E-state index >= 15 is 0 Å². The van der Waals surface area contributed by atoms with Gasteiger partial charge < -0.3 is 20.0 Å². The average molecular weight is 365 g/mol. The van der Waals surface area contributed by atoms with Crippen LogP contribution in [0.5, 0.6) is 0 Å². The smallest absolute Gasteiger partial charge is 0.255 e. The summed E-state index contributed by atoms with van der Waals surface area (Å²) in [6, 6.07) is 2.20. The van der Waals surface area contributed by atoms with E-state index in [9.17, 15) is 9.59 Å². The first-order valence-electron chi connectivity index (χ1n) is 8.99. The van der Waals surface area contributed by atoms with Gasteiger partial charge >= 0.3 is 0 Å². The molecule has 0 spiro atoms. The van der Waals surface area contributed by atoms with E-state index in [0.29, 0.717) is 36.9 Å². The highest BCUT2D eigenvalue weighted by Crippen LogP contribution is 2.17. The van der Waals surface area contributed by atoms with Gasteiger partial charge in [-0.25, -0.2) is 0 Å². The summed E-state index contributed by atoms with van der Waals surface area (Å²) in [6.45, 7) is 6.07. The normalized spacial score (nSPS) is 22.0. The van der Waals surface area contributed by atoms with Crippen LogP contribution in [0, 0.1) is 13.8 Å². The summed E-state index contributed by atoms with van der Waals surface area (Å²) in [5, 5.41) is 6.49. The lowest BCUT2D eigenvalue weighted by molar-refractivity contribution is -0.132. The molecule has 0 aromatic carbocycles. The van der Waals surface area contributed by atoms with Crippen LogP contribution in [-0.4, -0.2) is 59.9 Å². The second-order valence-corrected chi connectivity index (χ2v) is 8.04. The summed E-state index contributed by atoms with van der Waals surface area (Å²) in [5.41, 5.74) is 0.608. The van der Waals surface area contributed by atoms with Crippen LogP contribution < -0.4 is 10.6 Å². The van der Waals surface area contributed by atoms with Crippen molar-refractivity contribution >= 4 is 23.6 Å². The number of aryl methyl sites for hydroxylation is 2. The van der Waals surface area contributed by atoms with Gasteiger partial charge in [-0.15, -0.1) is 0 Å². The van der Waals surface area contributed by atoms with E-state index in [-0.39, 0.29) is 17.9 Å². The van der Waals surface area contributed by atoms with Crippen molar-refractivity contribution < 1.29 is 14.0 Å². The maximum atomic E-state index is 12.4. The number of rotatable bonds is 4. The second kappa shape index (κ2) is 8.27. The number of carbonyl (C=O) groups is 2. The minimum absolute atomic E-state index is 0.0810. The van der Waals surface area contributed by atoms with Crippen molar-refractivity contribution in [3.8, 4) is 0 Å². The highest BCUT2D eigenvalue weighted by molar-refractivity contribution is 7.99. The Balaban J connectivity index is 1.44. The first-order valence-corrected chi connectivity index (χ1v) is 10.1. The number of nitrogens with zero attached hydrogens (tertiary/aromatic N) is 1. The first kappa shape index (κ1) is 18.3. The van der Waals surface area contributed by atoms with Gasteiger partial charge in [0.25, 0.3) is 5.91 Å². The SMILES string of the molecule is Cc1cc(C(=O)NC2CCN(C(=O)CC3CSCCN3)CC2)c(C)o1. The molecule has 3 heterocycles. The fraction of sp³-hybridized carbons (Fsp3) is 0.667. The summed E-state index contributed by atoms with van der Waals surface area (Å²) < 4.78 is 5.42. The molecule has 6 nitrogen and oxygen atoms in total. The van der Waals surface area contributed by atoms with Crippen molar-refractivity contribution in [3.63, 3.8) is 0 Å². The van der Waals surface area contributed by atoms with Crippen LogP contribution in [0.1, 0.15) is 41.1 Å². The predicted octanol–water partition coefficient (Wildman–Crippen LogP) is 1.71. The Morgan fingerprint density at radius 3 is 2.72 bits per heavy atom. The minimum atomic E-state index is -0.0810. The zero-order valence-electron chi connectivity index (χ0n) is 15.0. The summed E-state index contributed by atoms with van der Waals surface area (Å²) >= 11 is 1.91. The van der Waals surface area contributed by atoms with E-state index < -0.39 is 0 Å². The van der Waals surface area contributed by atoms with E-state index in [0.717, 1.165) is 36.7 Å². The third kappa shape index (κ3) is 4.79. The van der Waals surface area contributed by atoms with E-state index in [2.05, 4.69) is 10.6 Å². The zero-order chi connectivity index (χ0) is 17.8. The maximum absolute atomic E-state index is 12.4. The molecule has 2 saturated heterocycles. The van der Waals surface area contributed by atoms with Gasteiger partial charge in [0, 0.05) is 49.6 Å². The third-order valence-electron chi connectivity index (χ3n) is 4.89. The molecule has 0 bridgehead atoms. The van der Waals surface area contributed by atoms with Crippen LogP contribution in [0.25, 0.3) is 0 Å². The number of thioether (sulfide) groups is 1. The van der Waals surface area contributed by atoms with Gasteiger partial charge in [0.1, 0.15) is 11.5 Å². The topological polar surface area (TPSA) is 74.6 Å². The molecule has 2 amide bonds. The lowest BCUT2D eigenvalue weighted by Crippen LogP contribution is -2.48. The highest BCUT2D eigenvalue weighted by atomic mass is 32.2. The minimum Gasteiger partial charge on any atom is -0.466 e. The Morgan fingerprint density at radius 1 is 1.36 bits per heavy atom. The highest BCUT2D eigenvalue weighted by Gasteiger charge is 2.27. The van der Waals surface area contributed by atoms with E-state index in [1.165, 1.54) is 0 Å². The van der Waals surface area contributed by atoms with Crippen LogP contribution in [0.15, 0.2) is 10.5 Å². The third-order valence-corrected chi connectivity index (χ3v) is 6.02. The van der Waals surface area contributed by atoms with Crippen molar-refractivity contribution in [2.45, 2.75) is 45.2 Å². The molecule has 3 rings (SSSR count). The number of hydrogen-bond donors (Lipinski definition) is 2. The van der Waals surface area contributed by atoms with Crippen molar-refractivity contribution in [2.75, 3.05) is 31.1 Å². The molecule has 2 aliphatic heterocycles. The zero-order valence-corrected chi connectivity index (χ0v) is 15.8. The fourth-order valence-electron chi connectivity index (χ4n) is 3.48. The van der Waals surface area contributed by atoms with E-state index in [1.54, 1.807) is 13.0 Å². The Morgan fingerprint density at radius 2 is 2.12 bits per heavy atom. The standard InChI is InChI=1S/C18H27N3O3S/c1-12-9-16(13(2)24-12)18(23)20-14-3-6-21(7-4-14)17(22)10-15-11-25-8-5-19-15/h9,14-15,19H,3-8,10-11H2,1-2H3,(H,20,23). The molecular formula is C18H27N3O3S. The molecule has 1 unspecified atom stereocenters. The molecule has 7 heteroatoms. The Labute approximate surface area is 153 Å². The number of amides is 2. The number of furan rings is 1. The van der Waals surface area contributed by atoms with Crippen molar-refractivity contribution in [2.24, 2.45) is 0 Å². The van der Waals surface area contributed by atoms with Crippen molar-refractivity contribution in [3.05, 3.63) is 23.2 Å². The number of carbonyl (C=O) groups excluding carboxylic acids is 2. The quantitative estimate of drug-likeness (QED) is 0.850. The van der Waals surface area contributed by atoms with E-state index in [1.807, 2.05) is 23.6 Å². The van der Waals surface area contributed by atoms with Crippen LogP contribution in [0.4, 0.5) is 0 Å². The maximum Gasteiger partial charge on any atom is 0.255 e. The summed E-state index contributed by atoms with van der Waals surface area (Å²) in [7, 11) is 0. The van der Waals surface area contributed by atoms with Crippen LogP contribution >= 0.6 is 11.8 Å². The molecular weight excluding hydrogens is 338 g/mol. The van der Waals surface area contributed by atoms with Crippen molar-refractivity contribution in [1.29, 1.82) is 0 Å². The molecule has 2 N–H and O–H groups in total. The molecule has 25 heavy (non-hydrogen) atoms. The van der Waals surface area contributed by atoms with Gasteiger partial charge in [-0.3, -0.25) is 9.59 Å². The average Bonchev–Trinajstić information content (AvgIpc) is 2.95. The van der Waals surface area contributed by atoms with Gasteiger partial charge in [-0.1, -0.05) is 0 Å². The molecule has 2 fully saturated rings. The second-order valence-electron chi connectivity index (χ2n) is 6.89. The molecule has 0 radical (unpaired) electrons. The van der Waals surface area contributed by atoms with Gasteiger partial charge in [0.15, 0.2) is 0 Å². The van der Waals surface area contributed by atoms with Crippen molar-refractivity contribution in [1.82, 2.24) is 15.5 Å². The molecule has 2 aliphatic rings. The predicted molar refractivity (Wildman–Crippen MR) is 99.0 cm³/mol. The Kier molecular flexibility index (Phi) is 6.06. The van der Waals surface area contributed by atoms with Crippen LogP contribution in [0.3, 0.4) is 0 Å². The van der Waals surface area contributed by atoms with Crippen LogP contribution in [0.2, 0.25) is 0 Å². The first-order chi connectivity index (χ1) is 12.0. The molecule has 138 valence electrons. The lowest BCUT2D eigenvalue weighted by Gasteiger charge is -2.33. The molecule has 0 aliphatic carbocycles. The number of nitrogens with one attached hydrogen (secondary N) is 2. The fourth-order valence-corrected chi connectivity index (χ4v) is 4.43. The molecule has 1 aromatic rings. The lowest BCUT2D eigenvalue weighted by atomic mass is 10.0. The van der Waals surface area contributed by atoms with Crippen LogP contribution in [-0.2, 0) is 4.79 Å². The van der Waals surface area contributed by atoms with Gasteiger partial charge in [-0.05, 0) is 32.8 Å². The van der Waals surface area contributed by atoms with Gasteiger partial charge in [0.2, 0.25) is 5.91 Å². The molecule has 1 atom stereocenters. The van der Waals surface area contributed by atoms with Gasteiger partial charge in [-0.2, -0.15) is 11.8 Å². The van der Waals surface area contributed by atoms with Gasteiger partial charge in [0.05, 0.1) is 5.56 Å². The summed E-state index contributed by atoms with van der Waals surface area (Å²) in [5.74, 6) is 3.69. The monoisotopic (exact) mass is 365 g/mol. The van der Waals surface area contributed by atoms with E-state index in [4.69, 9.17) is 4.42 Å². The molecule has 1 aromatic heterocycles. The Bertz CT molecular complexity index is 617. The largest absolute Gasteiger partial charge is 0.466 e. The molecule has 0 saturated carbocycles.